The van der Waals surface area contributed by atoms with Gasteiger partial charge in [0.2, 0.25) is 11.8 Å². The monoisotopic (exact) mass is 453 g/mol. The van der Waals surface area contributed by atoms with Gasteiger partial charge < -0.3 is 31.4 Å². The third-order valence-electron chi connectivity index (χ3n) is 3.74. The lowest BCUT2D eigenvalue weighted by Crippen LogP contribution is -2.30. The van der Waals surface area contributed by atoms with E-state index in [1.54, 1.807) is 12.1 Å². The van der Waals surface area contributed by atoms with Crippen molar-refractivity contribution < 1.29 is 38.6 Å². The molecule has 0 saturated heterocycles. The van der Waals surface area contributed by atoms with E-state index in [0.717, 1.165) is 5.56 Å². The number of benzene rings is 1. The lowest BCUT2D eigenvalue weighted by Gasteiger charge is -2.11. The Bertz CT molecular complexity index is 806. The maximum Gasteiger partial charge on any atom is 0.320 e. The summed E-state index contributed by atoms with van der Waals surface area (Å²) < 4.78 is 10.0. The maximum absolute atomic E-state index is 11.9. The van der Waals surface area contributed by atoms with Gasteiger partial charge in [-0.3, -0.25) is 24.0 Å². The molecule has 0 saturated carbocycles. The number of rotatable bonds is 11. The number of carboxylic acid groups (broad SMARTS) is 1. The number of aryl methyl sites for hydroxylation is 1. The van der Waals surface area contributed by atoms with E-state index in [-0.39, 0.29) is 29.7 Å². The number of ether oxygens (including phenoxy) is 2. The van der Waals surface area contributed by atoms with E-state index in [9.17, 15) is 24.0 Å². The zero-order chi connectivity index (χ0) is 24.7. The molecule has 0 heterocycles. The van der Waals surface area contributed by atoms with Crippen LogP contribution in [0.1, 0.15) is 52.0 Å². The number of unbranched alkanes of at least 4 members (excludes halogenated alkanes) is 1. The first kappa shape index (κ1) is 28.5. The van der Waals surface area contributed by atoms with Gasteiger partial charge in [0.25, 0.3) is 0 Å². The lowest BCUT2D eigenvalue weighted by molar-refractivity contribution is -0.138. The molecule has 0 aliphatic heterocycles. The predicted molar refractivity (Wildman–Crippen MR) is 115 cm³/mol. The molecule has 1 atom stereocenters. The molecule has 0 fully saturated rings. The fourth-order valence-electron chi connectivity index (χ4n) is 2.37. The van der Waals surface area contributed by atoms with Gasteiger partial charge >= 0.3 is 17.9 Å². The molecule has 1 unspecified atom stereocenters. The first-order valence-corrected chi connectivity index (χ1v) is 9.93. The Morgan fingerprint density at radius 2 is 1.56 bits per heavy atom. The Kier molecular flexibility index (Phi) is 13.7. The molecule has 1 rings (SSSR count). The third kappa shape index (κ3) is 14.5. The van der Waals surface area contributed by atoms with Crippen LogP contribution < -0.4 is 26.3 Å². The van der Waals surface area contributed by atoms with Crippen LogP contribution in [0.2, 0.25) is 0 Å². The number of aliphatic carboxylic acids is 1. The molecule has 2 amide bonds. The SMILES string of the molecule is CC(=O)Oc1ccc(CCC(=O)NCCCCC(N)C(=O)O)cc1OC(C)=O.CC(N)=O. The van der Waals surface area contributed by atoms with Crippen LogP contribution in [-0.4, -0.2) is 47.4 Å². The highest BCUT2D eigenvalue weighted by Crippen LogP contribution is 2.29. The molecule has 0 bridgehead atoms. The summed E-state index contributed by atoms with van der Waals surface area (Å²) in [6.45, 7) is 4.22. The first-order chi connectivity index (χ1) is 14.9. The van der Waals surface area contributed by atoms with E-state index in [4.69, 9.17) is 20.3 Å². The van der Waals surface area contributed by atoms with Gasteiger partial charge in [-0.15, -0.1) is 0 Å². The van der Waals surface area contributed by atoms with Crippen LogP contribution in [0.25, 0.3) is 0 Å². The topological polar surface area (TPSA) is 188 Å². The Morgan fingerprint density at radius 1 is 1.00 bits per heavy atom. The number of hydrogen-bond acceptors (Lipinski definition) is 8. The highest BCUT2D eigenvalue weighted by atomic mass is 16.6. The highest BCUT2D eigenvalue weighted by molar-refractivity contribution is 5.76. The van der Waals surface area contributed by atoms with E-state index in [1.807, 2.05) is 0 Å². The molecule has 0 aliphatic rings. The highest BCUT2D eigenvalue weighted by Gasteiger charge is 2.13. The summed E-state index contributed by atoms with van der Waals surface area (Å²) in [4.78, 5) is 54.1. The fraction of sp³-hybridized carbons (Fsp3) is 0.476. The average Bonchev–Trinajstić information content (AvgIpc) is 2.66. The van der Waals surface area contributed by atoms with Crippen LogP contribution in [0.15, 0.2) is 18.2 Å². The maximum atomic E-state index is 11.9. The minimum absolute atomic E-state index is 0.121. The second kappa shape index (κ2) is 15.3. The van der Waals surface area contributed by atoms with Crippen molar-refractivity contribution in [1.82, 2.24) is 5.32 Å². The van der Waals surface area contributed by atoms with Crippen molar-refractivity contribution in [2.45, 2.75) is 58.9 Å². The molecule has 32 heavy (non-hydrogen) atoms. The van der Waals surface area contributed by atoms with E-state index in [2.05, 4.69) is 11.1 Å². The van der Waals surface area contributed by atoms with Gasteiger partial charge in [0.05, 0.1) is 0 Å². The zero-order valence-electron chi connectivity index (χ0n) is 18.5. The van der Waals surface area contributed by atoms with Gasteiger partial charge in [-0.25, -0.2) is 0 Å². The predicted octanol–water partition coefficient (Wildman–Crippen LogP) is 0.660. The van der Waals surface area contributed by atoms with Crippen molar-refractivity contribution in [3.63, 3.8) is 0 Å². The molecular formula is C21H31N3O8. The van der Waals surface area contributed by atoms with Gasteiger partial charge in [0, 0.05) is 33.7 Å². The summed E-state index contributed by atoms with van der Waals surface area (Å²) in [5, 5.41) is 11.4. The Labute approximate surface area is 186 Å². The van der Waals surface area contributed by atoms with E-state index in [1.165, 1.54) is 26.8 Å². The van der Waals surface area contributed by atoms with Crippen LogP contribution in [0, 0.1) is 0 Å². The third-order valence-corrected chi connectivity index (χ3v) is 3.74. The average molecular weight is 453 g/mol. The Balaban J connectivity index is 0.00000220. The van der Waals surface area contributed by atoms with Crippen molar-refractivity contribution in [1.29, 1.82) is 0 Å². The minimum Gasteiger partial charge on any atom is -0.480 e. The normalized spacial score (nSPS) is 10.8. The number of amides is 2. The van der Waals surface area contributed by atoms with Crippen LogP contribution in [0.5, 0.6) is 11.5 Å². The molecule has 0 spiro atoms. The Morgan fingerprint density at radius 3 is 2.09 bits per heavy atom. The minimum atomic E-state index is -1.03. The van der Waals surface area contributed by atoms with Crippen molar-refractivity contribution in [2.24, 2.45) is 11.5 Å². The summed E-state index contributed by atoms with van der Waals surface area (Å²) in [5.41, 5.74) is 10.6. The molecule has 11 nitrogen and oxygen atoms in total. The number of carboxylic acids is 1. The second-order valence-corrected chi connectivity index (χ2v) is 6.87. The second-order valence-electron chi connectivity index (χ2n) is 6.87. The summed E-state index contributed by atoms with van der Waals surface area (Å²) in [5.74, 6) is -2.35. The molecule has 0 radical (unpaired) electrons. The standard InChI is InChI=1S/C19H26N2O7.C2H5NO/c1-12(22)27-16-8-6-14(11-17(16)28-13(2)23)7-9-18(24)21-10-4-3-5-15(20)19(25)26;1-2(3)4/h6,8,11,15H,3-5,7,9-10,20H2,1-2H3,(H,21,24)(H,25,26);1H3,(H2,3,4). The quantitative estimate of drug-likeness (QED) is 0.212. The van der Waals surface area contributed by atoms with Crippen molar-refractivity contribution in [3.05, 3.63) is 23.8 Å². The van der Waals surface area contributed by atoms with Crippen LogP contribution in [0.3, 0.4) is 0 Å². The van der Waals surface area contributed by atoms with Crippen molar-refractivity contribution in [3.8, 4) is 11.5 Å². The molecule has 1 aromatic rings. The molecule has 11 heteroatoms. The van der Waals surface area contributed by atoms with E-state index >= 15 is 0 Å². The van der Waals surface area contributed by atoms with Crippen LogP contribution in [-0.2, 0) is 30.4 Å². The van der Waals surface area contributed by atoms with Gasteiger partial charge in [-0.2, -0.15) is 0 Å². The lowest BCUT2D eigenvalue weighted by atomic mass is 10.1. The number of nitrogens with one attached hydrogen (secondary N) is 1. The van der Waals surface area contributed by atoms with Gasteiger partial charge in [0.15, 0.2) is 11.5 Å². The first-order valence-electron chi connectivity index (χ1n) is 9.93. The molecule has 0 aliphatic carbocycles. The number of primary amides is 1. The smallest absolute Gasteiger partial charge is 0.320 e. The summed E-state index contributed by atoms with van der Waals surface area (Å²) >= 11 is 0. The fourth-order valence-corrected chi connectivity index (χ4v) is 2.37. The van der Waals surface area contributed by atoms with Gasteiger partial charge in [-0.1, -0.05) is 6.07 Å². The molecular weight excluding hydrogens is 422 g/mol. The number of esters is 2. The molecule has 6 N–H and O–H groups in total. The van der Waals surface area contributed by atoms with E-state index < -0.39 is 23.9 Å². The number of carbonyl (C=O) groups excluding carboxylic acids is 4. The number of nitrogens with two attached hydrogens (primary N) is 2. The Hall–Kier alpha value is -3.47. The van der Waals surface area contributed by atoms with Crippen molar-refractivity contribution >= 4 is 29.7 Å². The largest absolute Gasteiger partial charge is 0.480 e. The summed E-state index contributed by atoms with van der Waals surface area (Å²) in [6, 6.07) is 3.88. The number of hydrogen-bond donors (Lipinski definition) is 4. The zero-order valence-corrected chi connectivity index (χ0v) is 18.5. The van der Waals surface area contributed by atoms with E-state index in [0.29, 0.717) is 32.2 Å². The van der Waals surface area contributed by atoms with Gasteiger partial charge in [0.1, 0.15) is 6.04 Å². The van der Waals surface area contributed by atoms with Gasteiger partial charge in [-0.05, 0) is 43.4 Å². The summed E-state index contributed by atoms with van der Waals surface area (Å²) in [7, 11) is 0. The van der Waals surface area contributed by atoms with Crippen LogP contribution in [0.4, 0.5) is 0 Å². The van der Waals surface area contributed by atoms with Crippen LogP contribution >= 0.6 is 0 Å². The molecule has 1 aromatic carbocycles. The van der Waals surface area contributed by atoms with Crippen molar-refractivity contribution in [2.75, 3.05) is 6.54 Å². The number of carbonyl (C=O) groups is 5. The summed E-state index contributed by atoms with van der Waals surface area (Å²) in [6.07, 6.45) is 2.24. The molecule has 0 aromatic heterocycles. The molecule has 178 valence electrons.